The van der Waals surface area contributed by atoms with E-state index in [9.17, 15) is 5.26 Å². The van der Waals surface area contributed by atoms with E-state index in [0.29, 0.717) is 5.56 Å². The number of hydrogen-bond acceptors (Lipinski definition) is 4. The lowest BCUT2D eigenvalue weighted by Gasteiger charge is -2.38. The molecule has 1 fully saturated rings. The number of benzene rings is 3. The van der Waals surface area contributed by atoms with Crippen molar-refractivity contribution in [2.24, 2.45) is 5.73 Å². The first-order valence-electron chi connectivity index (χ1n) is 11.5. The zero-order valence-electron chi connectivity index (χ0n) is 18.6. The molecule has 1 saturated carbocycles. The Labute approximate surface area is 198 Å². The van der Waals surface area contributed by atoms with Crippen molar-refractivity contribution in [1.82, 2.24) is 14.6 Å². The van der Waals surface area contributed by atoms with Crippen molar-refractivity contribution in [3.8, 4) is 39.7 Å². The maximum absolute atomic E-state index is 9.33. The molecule has 0 spiro atoms. The van der Waals surface area contributed by atoms with E-state index < -0.39 is 0 Å². The molecule has 34 heavy (non-hydrogen) atoms. The molecule has 3 aromatic carbocycles. The predicted octanol–water partition coefficient (Wildman–Crippen LogP) is 5.94. The summed E-state index contributed by atoms with van der Waals surface area (Å²) in [4.78, 5) is 4.64. The van der Waals surface area contributed by atoms with Crippen LogP contribution in [0.2, 0.25) is 0 Å². The van der Waals surface area contributed by atoms with E-state index in [1.807, 2.05) is 47.1 Å². The number of fused-ring (bicyclic) bond motifs is 1. The van der Waals surface area contributed by atoms with Crippen LogP contribution in [0.25, 0.3) is 39.3 Å². The molecular formula is C29H23N5. The van der Waals surface area contributed by atoms with Crippen molar-refractivity contribution in [2.75, 3.05) is 0 Å². The van der Waals surface area contributed by atoms with E-state index in [2.05, 4.69) is 53.5 Å². The minimum absolute atomic E-state index is 0.193. The van der Waals surface area contributed by atoms with Gasteiger partial charge in [0.1, 0.15) is 0 Å². The number of aromatic nitrogens is 3. The second-order valence-corrected chi connectivity index (χ2v) is 8.97. The zero-order valence-corrected chi connectivity index (χ0v) is 18.6. The highest BCUT2D eigenvalue weighted by Gasteiger charge is 2.34. The first kappa shape index (κ1) is 20.3. The van der Waals surface area contributed by atoms with Crippen molar-refractivity contribution in [3.63, 3.8) is 0 Å². The second kappa shape index (κ2) is 7.95. The molecule has 5 heteroatoms. The smallest absolute Gasteiger partial charge is 0.154 e. The molecule has 1 aliphatic rings. The molecule has 2 heterocycles. The quantitative estimate of drug-likeness (QED) is 0.374. The maximum Gasteiger partial charge on any atom is 0.154 e. The molecule has 2 aromatic heterocycles. The molecule has 0 aliphatic heterocycles. The standard InChI is InChI=1S/C29H23N5/c30-18-20-6-4-9-23(16-20)26-19-32-27-17-25(21-7-2-1-3-8-21)28(33-34(26)27)22-10-12-24(13-11-22)29(31)14-5-15-29/h1-4,6-13,16-17,19H,5,14-15,31H2. The summed E-state index contributed by atoms with van der Waals surface area (Å²) < 4.78 is 1.86. The minimum Gasteiger partial charge on any atom is -0.321 e. The number of rotatable bonds is 4. The highest BCUT2D eigenvalue weighted by Crippen LogP contribution is 2.40. The Morgan fingerprint density at radius 3 is 2.32 bits per heavy atom. The van der Waals surface area contributed by atoms with E-state index in [1.165, 1.54) is 12.0 Å². The fourth-order valence-corrected chi connectivity index (χ4v) is 4.72. The van der Waals surface area contributed by atoms with Crippen LogP contribution in [0, 0.1) is 11.3 Å². The number of nitrogens with two attached hydrogens (primary N) is 1. The van der Waals surface area contributed by atoms with Gasteiger partial charge in [-0.3, -0.25) is 0 Å². The molecule has 6 rings (SSSR count). The van der Waals surface area contributed by atoms with Gasteiger partial charge in [-0.1, -0.05) is 66.7 Å². The fourth-order valence-electron chi connectivity index (χ4n) is 4.72. The van der Waals surface area contributed by atoms with Gasteiger partial charge in [-0.05, 0) is 48.6 Å². The second-order valence-electron chi connectivity index (χ2n) is 8.97. The van der Waals surface area contributed by atoms with Gasteiger partial charge in [-0.2, -0.15) is 10.4 Å². The van der Waals surface area contributed by atoms with Crippen molar-refractivity contribution >= 4 is 5.65 Å². The van der Waals surface area contributed by atoms with Gasteiger partial charge < -0.3 is 5.73 Å². The van der Waals surface area contributed by atoms with Crippen LogP contribution in [-0.2, 0) is 5.54 Å². The highest BCUT2D eigenvalue weighted by atomic mass is 15.3. The molecule has 0 amide bonds. The normalized spacial score (nSPS) is 14.5. The first-order chi connectivity index (χ1) is 16.6. The van der Waals surface area contributed by atoms with Crippen molar-refractivity contribution in [1.29, 1.82) is 5.26 Å². The molecule has 0 unspecified atom stereocenters. The Hall–Kier alpha value is -4.27. The zero-order chi connectivity index (χ0) is 23.1. The number of nitriles is 1. The topological polar surface area (TPSA) is 80.0 Å². The van der Waals surface area contributed by atoms with Crippen LogP contribution in [0.1, 0.15) is 30.4 Å². The van der Waals surface area contributed by atoms with E-state index >= 15 is 0 Å². The predicted molar refractivity (Wildman–Crippen MR) is 134 cm³/mol. The lowest BCUT2D eigenvalue weighted by molar-refractivity contribution is 0.253. The van der Waals surface area contributed by atoms with Gasteiger partial charge in [-0.25, -0.2) is 9.50 Å². The molecule has 164 valence electrons. The van der Waals surface area contributed by atoms with E-state index in [1.54, 1.807) is 6.07 Å². The van der Waals surface area contributed by atoms with Crippen LogP contribution in [-0.4, -0.2) is 14.6 Å². The van der Waals surface area contributed by atoms with Gasteiger partial charge in [0.15, 0.2) is 5.65 Å². The third-order valence-corrected chi connectivity index (χ3v) is 6.84. The summed E-state index contributed by atoms with van der Waals surface area (Å²) in [5, 5.41) is 14.4. The summed E-state index contributed by atoms with van der Waals surface area (Å²) in [6.07, 6.45) is 5.07. The average Bonchev–Trinajstić information content (AvgIpc) is 3.30. The molecule has 0 bridgehead atoms. The molecule has 0 radical (unpaired) electrons. The number of nitrogens with zero attached hydrogens (tertiary/aromatic N) is 4. The first-order valence-corrected chi connectivity index (χ1v) is 11.5. The monoisotopic (exact) mass is 441 g/mol. The van der Waals surface area contributed by atoms with E-state index in [4.69, 9.17) is 10.8 Å². The molecular weight excluding hydrogens is 418 g/mol. The fraction of sp³-hybridized carbons (Fsp3) is 0.138. The van der Waals surface area contributed by atoms with Gasteiger partial charge in [0, 0.05) is 22.2 Å². The average molecular weight is 442 g/mol. The molecule has 0 saturated heterocycles. The Bertz CT molecular complexity index is 1540. The van der Waals surface area contributed by atoms with Crippen molar-refractivity contribution in [3.05, 3.63) is 102 Å². The van der Waals surface area contributed by atoms with Crippen molar-refractivity contribution in [2.45, 2.75) is 24.8 Å². The van der Waals surface area contributed by atoms with Gasteiger partial charge in [0.05, 0.1) is 29.2 Å². The van der Waals surface area contributed by atoms with Crippen LogP contribution >= 0.6 is 0 Å². The Morgan fingerprint density at radius 2 is 1.62 bits per heavy atom. The van der Waals surface area contributed by atoms with E-state index in [0.717, 1.165) is 52.1 Å². The van der Waals surface area contributed by atoms with Crippen LogP contribution in [0.5, 0.6) is 0 Å². The maximum atomic E-state index is 9.33. The summed E-state index contributed by atoms with van der Waals surface area (Å²) in [6, 6.07) is 30.6. The Kier molecular flexibility index (Phi) is 4.75. The molecule has 5 aromatic rings. The van der Waals surface area contributed by atoms with Crippen molar-refractivity contribution < 1.29 is 0 Å². The third-order valence-electron chi connectivity index (χ3n) is 6.84. The minimum atomic E-state index is -0.193. The van der Waals surface area contributed by atoms with Crippen LogP contribution in [0.3, 0.4) is 0 Å². The SMILES string of the molecule is N#Cc1cccc(-c2cnc3cc(-c4ccccc4)c(-c4ccc(C5(N)CCC5)cc4)nn23)c1. The van der Waals surface area contributed by atoms with Crippen LogP contribution < -0.4 is 5.73 Å². The molecule has 0 atom stereocenters. The van der Waals surface area contributed by atoms with Gasteiger partial charge in [-0.15, -0.1) is 0 Å². The lowest BCUT2D eigenvalue weighted by Crippen LogP contribution is -2.43. The molecule has 1 aliphatic carbocycles. The van der Waals surface area contributed by atoms with Gasteiger partial charge in [0.25, 0.3) is 0 Å². The summed E-state index contributed by atoms with van der Waals surface area (Å²) in [6.45, 7) is 0. The Balaban J connectivity index is 1.54. The molecule has 5 nitrogen and oxygen atoms in total. The van der Waals surface area contributed by atoms with Crippen LogP contribution in [0.15, 0.2) is 91.1 Å². The third kappa shape index (κ3) is 3.37. The van der Waals surface area contributed by atoms with Crippen LogP contribution in [0.4, 0.5) is 0 Å². The Morgan fingerprint density at radius 1 is 0.853 bits per heavy atom. The van der Waals surface area contributed by atoms with E-state index in [-0.39, 0.29) is 5.54 Å². The highest BCUT2D eigenvalue weighted by molar-refractivity contribution is 5.83. The van der Waals surface area contributed by atoms with Gasteiger partial charge in [0.2, 0.25) is 0 Å². The summed E-state index contributed by atoms with van der Waals surface area (Å²) in [7, 11) is 0. The summed E-state index contributed by atoms with van der Waals surface area (Å²) in [5.41, 5.74) is 14.7. The number of hydrogen-bond donors (Lipinski definition) is 1. The number of imidazole rings is 1. The molecule has 2 N–H and O–H groups in total. The largest absolute Gasteiger partial charge is 0.321 e. The summed E-state index contributed by atoms with van der Waals surface area (Å²) >= 11 is 0. The van der Waals surface area contributed by atoms with Gasteiger partial charge >= 0.3 is 0 Å². The lowest BCUT2D eigenvalue weighted by atomic mass is 9.72. The summed E-state index contributed by atoms with van der Waals surface area (Å²) in [5.74, 6) is 0.